The molecule has 1 amide bonds. The predicted molar refractivity (Wildman–Crippen MR) is 94.5 cm³/mol. The first-order valence-corrected chi connectivity index (χ1v) is 9.79. The lowest BCUT2D eigenvalue weighted by molar-refractivity contribution is -0.122. The number of benzene rings is 1. The highest BCUT2D eigenvalue weighted by Crippen LogP contribution is 2.32. The van der Waals surface area contributed by atoms with Crippen LogP contribution in [-0.4, -0.2) is 34.6 Å². The Kier molecular flexibility index (Phi) is 4.82. The molecule has 1 aliphatic rings. The third-order valence-electron chi connectivity index (χ3n) is 3.61. The molecule has 6 nitrogen and oxygen atoms in total. The van der Waals surface area contributed by atoms with Gasteiger partial charge in [-0.25, -0.2) is 8.42 Å². The van der Waals surface area contributed by atoms with Gasteiger partial charge in [0.15, 0.2) is 0 Å². The number of fused-ring (bicyclic) bond motifs is 1. The van der Waals surface area contributed by atoms with Gasteiger partial charge < -0.3 is 9.64 Å². The van der Waals surface area contributed by atoms with Crippen LogP contribution >= 0.6 is 22.9 Å². The van der Waals surface area contributed by atoms with E-state index in [9.17, 15) is 13.2 Å². The minimum Gasteiger partial charge on any atom is -0.375 e. The van der Waals surface area contributed by atoms with Gasteiger partial charge in [0.05, 0.1) is 4.34 Å². The Hall–Kier alpha value is -1.61. The second-order valence-corrected chi connectivity index (χ2v) is 8.86. The maximum atomic E-state index is 12.3. The molecule has 2 heterocycles. The van der Waals surface area contributed by atoms with E-state index in [1.165, 1.54) is 13.2 Å². The quantitative estimate of drug-likeness (QED) is 0.857. The molecule has 2 aromatic rings. The first kappa shape index (κ1) is 17.2. The molecular weight excluding hydrogens is 372 g/mol. The Balaban J connectivity index is 1.82. The number of hydrogen-bond donors (Lipinski definition) is 1. The van der Waals surface area contributed by atoms with E-state index in [1.807, 2.05) is 0 Å². The van der Waals surface area contributed by atoms with Crippen molar-refractivity contribution in [3.05, 3.63) is 40.2 Å². The standard InChI is InChI=1S/C15H15ClN2O4S2/c1-22-9-14(19)18-7-6-10-8-11(2-3-12(10)18)17-24(20,21)15-5-4-13(16)23-15/h2-5,8,17H,6-7,9H2,1H3. The van der Waals surface area contributed by atoms with E-state index in [0.717, 1.165) is 22.6 Å². The summed E-state index contributed by atoms with van der Waals surface area (Å²) in [5.41, 5.74) is 2.17. The highest BCUT2D eigenvalue weighted by molar-refractivity contribution is 7.94. The number of amides is 1. The van der Waals surface area contributed by atoms with Crippen molar-refractivity contribution in [3.63, 3.8) is 0 Å². The fourth-order valence-corrected chi connectivity index (χ4v) is 5.11. The number of methoxy groups -OCH3 is 1. The summed E-state index contributed by atoms with van der Waals surface area (Å²) in [7, 11) is -2.19. The second kappa shape index (κ2) is 6.72. The number of carbonyl (C=O) groups excluding carboxylic acids is 1. The fraction of sp³-hybridized carbons (Fsp3) is 0.267. The van der Waals surface area contributed by atoms with Gasteiger partial charge in [-0.2, -0.15) is 0 Å². The largest absolute Gasteiger partial charge is 0.375 e. The van der Waals surface area contributed by atoms with Gasteiger partial charge in [-0.1, -0.05) is 11.6 Å². The normalized spacial score (nSPS) is 13.8. The molecule has 0 bridgehead atoms. The Morgan fingerprint density at radius 3 is 2.83 bits per heavy atom. The zero-order chi connectivity index (χ0) is 17.3. The Morgan fingerprint density at radius 1 is 1.38 bits per heavy atom. The smallest absolute Gasteiger partial charge is 0.271 e. The summed E-state index contributed by atoms with van der Waals surface area (Å²) < 4.78 is 32.7. The zero-order valence-electron chi connectivity index (χ0n) is 12.8. The number of thiophene rings is 1. The molecule has 1 N–H and O–H groups in total. The number of hydrogen-bond acceptors (Lipinski definition) is 5. The molecule has 0 aliphatic carbocycles. The van der Waals surface area contributed by atoms with Crippen molar-refractivity contribution in [1.29, 1.82) is 0 Å². The van der Waals surface area contributed by atoms with Gasteiger partial charge in [-0.05, 0) is 42.3 Å². The summed E-state index contributed by atoms with van der Waals surface area (Å²) in [6.07, 6.45) is 0.672. The monoisotopic (exact) mass is 386 g/mol. The topological polar surface area (TPSA) is 75.7 Å². The number of ether oxygens (including phenoxy) is 1. The molecule has 1 aromatic heterocycles. The summed E-state index contributed by atoms with van der Waals surface area (Å²) in [5.74, 6) is -0.113. The van der Waals surface area contributed by atoms with Crippen molar-refractivity contribution < 1.29 is 17.9 Å². The van der Waals surface area contributed by atoms with Crippen LogP contribution in [-0.2, 0) is 26.0 Å². The van der Waals surface area contributed by atoms with Gasteiger partial charge in [0, 0.05) is 25.0 Å². The predicted octanol–water partition coefficient (Wildman–Crippen LogP) is 2.74. The van der Waals surface area contributed by atoms with E-state index in [0.29, 0.717) is 23.0 Å². The Labute approximate surface area is 149 Å². The lowest BCUT2D eigenvalue weighted by Gasteiger charge is -2.17. The number of anilines is 2. The van der Waals surface area contributed by atoms with E-state index < -0.39 is 10.0 Å². The van der Waals surface area contributed by atoms with Crippen LogP contribution in [0.3, 0.4) is 0 Å². The first-order valence-electron chi connectivity index (χ1n) is 7.11. The number of halogens is 1. The highest BCUT2D eigenvalue weighted by Gasteiger charge is 2.25. The number of rotatable bonds is 5. The molecule has 128 valence electrons. The molecule has 1 aliphatic heterocycles. The first-order chi connectivity index (χ1) is 11.4. The van der Waals surface area contributed by atoms with Gasteiger partial charge in [-0.15, -0.1) is 11.3 Å². The number of sulfonamides is 1. The van der Waals surface area contributed by atoms with Crippen LogP contribution in [0.4, 0.5) is 11.4 Å². The Morgan fingerprint density at radius 2 is 2.17 bits per heavy atom. The van der Waals surface area contributed by atoms with Crippen LogP contribution in [0.15, 0.2) is 34.5 Å². The van der Waals surface area contributed by atoms with Crippen molar-refractivity contribution in [1.82, 2.24) is 0 Å². The number of nitrogens with one attached hydrogen (secondary N) is 1. The van der Waals surface area contributed by atoms with Crippen molar-refractivity contribution >= 4 is 50.2 Å². The van der Waals surface area contributed by atoms with Crippen LogP contribution in [0.1, 0.15) is 5.56 Å². The van der Waals surface area contributed by atoms with Gasteiger partial charge in [-0.3, -0.25) is 9.52 Å². The molecule has 0 unspecified atom stereocenters. The van der Waals surface area contributed by atoms with Crippen LogP contribution in [0.5, 0.6) is 0 Å². The highest BCUT2D eigenvalue weighted by atomic mass is 35.5. The number of carbonyl (C=O) groups is 1. The van der Waals surface area contributed by atoms with Crippen LogP contribution in [0, 0.1) is 0 Å². The lowest BCUT2D eigenvalue weighted by atomic mass is 10.1. The molecule has 0 saturated carbocycles. The molecule has 0 atom stereocenters. The molecule has 0 spiro atoms. The van der Waals surface area contributed by atoms with E-state index in [-0.39, 0.29) is 16.7 Å². The van der Waals surface area contributed by atoms with E-state index in [1.54, 1.807) is 29.2 Å². The van der Waals surface area contributed by atoms with E-state index in [2.05, 4.69) is 4.72 Å². The summed E-state index contributed by atoms with van der Waals surface area (Å²) in [6.45, 7) is 0.585. The molecular formula is C15H15ClN2O4S2. The van der Waals surface area contributed by atoms with Gasteiger partial charge in [0.2, 0.25) is 0 Å². The van der Waals surface area contributed by atoms with Gasteiger partial charge in [0.1, 0.15) is 10.8 Å². The van der Waals surface area contributed by atoms with Crippen molar-refractivity contribution in [2.45, 2.75) is 10.6 Å². The van der Waals surface area contributed by atoms with Crippen molar-refractivity contribution in [2.24, 2.45) is 0 Å². The summed E-state index contributed by atoms with van der Waals surface area (Å²) >= 11 is 6.79. The summed E-state index contributed by atoms with van der Waals surface area (Å²) in [4.78, 5) is 13.6. The molecule has 0 fully saturated rings. The number of nitrogens with zero attached hydrogens (tertiary/aromatic N) is 1. The molecule has 1 aromatic carbocycles. The van der Waals surface area contributed by atoms with Gasteiger partial charge >= 0.3 is 0 Å². The summed E-state index contributed by atoms with van der Waals surface area (Å²) in [5, 5.41) is 0. The molecule has 0 radical (unpaired) electrons. The minimum atomic E-state index is -3.66. The van der Waals surface area contributed by atoms with Crippen molar-refractivity contribution in [3.8, 4) is 0 Å². The SMILES string of the molecule is COCC(=O)N1CCc2cc(NS(=O)(=O)c3ccc(Cl)s3)ccc21. The average Bonchev–Trinajstić information content (AvgIpc) is 3.13. The third kappa shape index (κ3) is 3.41. The van der Waals surface area contributed by atoms with Crippen LogP contribution in [0.25, 0.3) is 0 Å². The molecule has 24 heavy (non-hydrogen) atoms. The average molecular weight is 387 g/mol. The molecule has 0 saturated heterocycles. The van der Waals surface area contributed by atoms with Crippen molar-refractivity contribution in [2.75, 3.05) is 29.9 Å². The zero-order valence-corrected chi connectivity index (χ0v) is 15.2. The molecule has 3 rings (SSSR count). The summed E-state index contributed by atoms with van der Waals surface area (Å²) in [6, 6.07) is 8.15. The van der Waals surface area contributed by atoms with E-state index >= 15 is 0 Å². The Bertz CT molecular complexity index is 879. The lowest BCUT2D eigenvalue weighted by Crippen LogP contribution is -2.31. The van der Waals surface area contributed by atoms with Crippen LogP contribution < -0.4 is 9.62 Å². The minimum absolute atomic E-state index is 0.0208. The van der Waals surface area contributed by atoms with Crippen LogP contribution in [0.2, 0.25) is 4.34 Å². The van der Waals surface area contributed by atoms with E-state index in [4.69, 9.17) is 16.3 Å². The van der Waals surface area contributed by atoms with Gasteiger partial charge in [0.25, 0.3) is 15.9 Å². The molecule has 9 heteroatoms. The maximum absolute atomic E-state index is 12.3. The second-order valence-electron chi connectivity index (χ2n) is 5.24. The maximum Gasteiger partial charge on any atom is 0.271 e. The fourth-order valence-electron chi connectivity index (χ4n) is 2.57. The third-order valence-corrected chi connectivity index (χ3v) is 6.71.